The standard InChI is InChI=1S/C23H26N6O/c1-28-13-16(12-24-28)14-2-5-20(22(30)9-14)21-8-15-6-7-29(23(15)27-26-21)19-10-17-3-4-18(11-19)25-17/h2,5,8-9,12-13,17-19,25,30H,3-4,6-7,10-11H2,1H3. The molecule has 1 aromatic carbocycles. The van der Waals surface area contributed by atoms with Crippen molar-refractivity contribution in [3.8, 4) is 28.1 Å². The summed E-state index contributed by atoms with van der Waals surface area (Å²) in [5.74, 6) is 1.26. The Balaban J connectivity index is 1.27. The Labute approximate surface area is 175 Å². The summed E-state index contributed by atoms with van der Waals surface area (Å²) in [5.41, 5.74) is 4.60. The van der Waals surface area contributed by atoms with Gasteiger partial charge in [0.25, 0.3) is 0 Å². The molecule has 2 saturated heterocycles. The van der Waals surface area contributed by atoms with E-state index in [2.05, 4.69) is 31.6 Å². The van der Waals surface area contributed by atoms with Gasteiger partial charge in [0.05, 0.1) is 11.9 Å². The van der Waals surface area contributed by atoms with Gasteiger partial charge in [-0.15, -0.1) is 10.2 Å². The van der Waals surface area contributed by atoms with E-state index in [0.717, 1.165) is 41.2 Å². The number of piperidine rings is 1. The van der Waals surface area contributed by atoms with E-state index in [1.54, 1.807) is 16.9 Å². The second-order valence-electron chi connectivity index (χ2n) is 8.92. The van der Waals surface area contributed by atoms with Gasteiger partial charge in [0, 0.05) is 54.6 Å². The molecule has 2 bridgehead atoms. The molecule has 3 aromatic rings. The zero-order chi connectivity index (χ0) is 20.2. The number of aromatic hydroxyl groups is 1. The number of aromatic nitrogens is 4. The van der Waals surface area contributed by atoms with E-state index in [-0.39, 0.29) is 5.75 Å². The molecule has 3 aliphatic heterocycles. The van der Waals surface area contributed by atoms with Crippen LogP contribution in [0.15, 0.2) is 36.7 Å². The highest BCUT2D eigenvalue weighted by Gasteiger charge is 2.38. The Morgan fingerprint density at radius 2 is 1.90 bits per heavy atom. The first-order valence-electron chi connectivity index (χ1n) is 10.9. The van der Waals surface area contributed by atoms with Crippen LogP contribution in [-0.4, -0.2) is 49.8 Å². The van der Waals surface area contributed by atoms with Crippen molar-refractivity contribution in [1.82, 2.24) is 25.3 Å². The second kappa shape index (κ2) is 6.80. The minimum atomic E-state index is 0.218. The number of nitrogens with one attached hydrogen (secondary N) is 1. The lowest BCUT2D eigenvalue weighted by Crippen LogP contribution is -2.48. The predicted octanol–water partition coefficient (Wildman–Crippen LogP) is 2.90. The van der Waals surface area contributed by atoms with Gasteiger partial charge >= 0.3 is 0 Å². The molecule has 6 rings (SSSR count). The molecule has 154 valence electrons. The molecule has 0 aliphatic carbocycles. The fourth-order valence-electron chi connectivity index (χ4n) is 5.46. The minimum Gasteiger partial charge on any atom is -0.507 e. The molecule has 0 radical (unpaired) electrons. The van der Waals surface area contributed by atoms with Gasteiger partial charge in [0.2, 0.25) is 0 Å². The SMILES string of the molecule is Cn1cc(-c2ccc(-c3cc4c(nn3)N(C3CC5CCC(C3)N5)CC4)c(O)c2)cn1. The number of hydrogen-bond donors (Lipinski definition) is 2. The van der Waals surface area contributed by atoms with E-state index < -0.39 is 0 Å². The first-order chi connectivity index (χ1) is 14.6. The number of aryl methyl sites for hydroxylation is 1. The summed E-state index contributed by atoms with van der Waals surface area (Å²) in [6.07, 6.45) is 9.75. The molecule has 0 amide bonds. The smallest absolute Gasteiger partial charge is 0.154 e. The lowest BCUT2D eigenvalue weighted by Gasteiger charge is -2.36. The van der Waals surface area contributed by atoms with Gasteiger partial charge in [-0.3, -0.25) is 4.68 Å². The molecule has 2 atom stereocenters. The third kappa shape index (κ3) is 2.96. The van der Waals surface area contributed by atoms with Crippen LogP contribution in [0.25, 0.3) is 22.4 Å². The van der Waals surface area contributed by atoms with Crippen LogP contribution in [-0.2, 0) is 13.5 Å². The van der Waals surface area contributed by atoms with Crippen molar-refractivity contribution in [2.24, 2.45) is 7.05 Å². The average Bonchev–Trinajstić information content (AvgIpc) is 3.45. The fraction of sp³-hybridized carbons (Fsp3) is 0.435. The molecule has 0 spiro atoms. The van der Waals surface area contributed by atoms with Crippen LogP contribution in [0.4, 0.5) is 5.82 Å². The molecule has 0 saturated carbocycles. The van der Waals surface area contributed by atoms with Gasteiger partial charge in [0.1, 0.15) is 5.75 Å². The van der Waals surface area contributed by atoms with E-state index in [4.69, 9.17) is 0 Å². The van der Waals surface area contributed by atoms with Crippen molar-refractivity contribution in [2.75, 3.05) is 11.4 Å². The van der Waals surface area contributed by atoms with Crippen molar-refractivity contribution in [2.45, 2.75) is 50.2 Å². The molecule has 3 aliphatic rings. The first kappa shape index (κ1) is 17.9. The van der Waals surface area contributed by atoms with Crippen molar-refractivity contribution in [3.05, 3.63) is 42.2 Å². The van der Waals surface area contributed by atoms with Crippen LogP contribution in [0.5, 0.6) is 5.75 Å². The summed E-state index contributed by atoms with van der Waals surface area (Å²) in [4.78, 5) is 2.48. The molecule has 2 N–H and O–H groups in total. The minimum absolute atomic E-state index is 0.218. The van der Waals surface area contributed by atoms with Crippen molar-refractivity contribution >= 4 is 5.82 Å². The Kier molecular flexibility index (Phi) is 4.06. The van der Waals surface area contributed by atoms with Crippen molar-refractivity contribution < 1.29 is 5.11 Å². The van der Waals surface area contributed by atoms with Crippen LogP contribution in [0, 0.1) is 0 Å². The average molecular weight is 403 g/mol. The van der Waals surface area contributed by atoms with Gasteiger partial charge in [-0.05, 0) is 55.9 Å². The maximum atomic E-state index is 10.7. The van der Waals surface area contributed by atoms with E-state index in [1.165, 1.54) is 31.2 Å². The van der Waals surface area contributed by atoms with Gasteiger partial charge in [0.15, 0.2) is 5.82 Å². The summed E-state index contributed by atoms with van der Waals surface area (Å²) < 4.78 is 1.76. The predicted molar refractivity (Wildman–Crippen MR) is 115 cm³/mol. The normalized spacial score (nSPS) is 25.0. The lowest BCUT2D eigenvalue weighted by atomic mass is 9.98. The number of anilines is 1. The molecule has 5 heterocycles. The van der Waals surface area contributed by atoms with Crippen LogP contribution < -0.4 is 10.2 Å². The maximum Gasteiger partial charge on any atom is 0.154 e. The number of phenolic OH excluding ortho intramolecular Hbond substituents is 1. The van der Waals surface area contributed by atoms with Crippen LogP contribution in [0.2, 0.25) is 0 Å². The quantitative estimate of drug-likeness (QED) is 0.701. The van der Waals surface area contributed by atoms with Crippen molar-refractivity contribution in [1.29, 1.82) is 0 Å². The zero-order valence-corrected chi connectivity index (χ0v) is 17.1. The van der Waals surface area contributed by atoms with Gasteiger partial charge < -0.3 is 15.3 Å². The number of phenols is 1. The number of fused-ring (bicyclic) bond motifs is 3. The molecule has 2 unspecified atom stereocenters. The Morgan fingerprint density at radius 1 is 1.07 bits per heavy atom. The third-order valence-corrected chi connectivity index (χ3v) is 6.95. The third-order valence-electron chi connectivity index (χ3n) is 6.95. The number of rotatable bonds is 3. The highest BCUT2D eigenvalue weighted by atomic mass is 16.3. The molecule has 7 heteroatoms. The molecule has 30 heavy (non-hydrogen) atoms. The maximum absolute atomic E-state index is 10.7. The van der Waals surface area contributed by atoms with Crippen LogP contribution >= 0.6 is 0 Å². The first-order valence-corrected chi connectivity index (χ1v) is 10.9. The van der Waals surface area contributed by atoms with Crippen LogP contribution in [0.3, 0.4) is 0 Å². The van der Waals surface area contributed by atoms with Crippen molar-refractivity contribution in [3.63, 3.8) is 0 Å². The van der Waals surface area contributed by atoms with E-state index >= 15 is 0 Å². The number of benzene rings is 1. The molecular weight excluding hydrogens is 376 g/mol. The van der Waals surface area contributed by atoms with E-state index in [9.17, 15) is 5.11 Å². The molecule has 7 nitrogen and oxygen atoms in total. The second-order valence-corrected chi connectivity index (χ2v) is 8.92. The van der Waals surface area contributed by atoms with Gasteiger partial charge in [-0.1, -0.05) is 6.07 Å². The summed E-state index contributed by atoms with van der Waals surface area (Å²) >= 11 is 0. The van der Waals surface area contributed by atoms with E-state index in [0.29, 0.717) is 18.1 Å². The number of hydrogen-bond acceptors (Lipinski definition) is 6. The Morgan fingerprint density at radius 3 is 2.63 bits per heavy atom. The summed E-state index contributed by atoms with van der Waals surface area (Å²) in [6.45, 7) is 1.02. The monoisotopic (exact) mass is 402 g/mol. The highest BCUT2D eigenvalue weighted by molar-refractivity contribution is 5.74. The summed E-state index contributed by atoms with van der Waals surface area (Å²) in [7, 11) is 1.88. The van der Waals surface area contributed by atoms with Crippen LogP contribution in [0.1, 0.15) is 31.2 Å². The molecule has 2 aromatic heterocycles. The topological polar surface area (TPSA) is 79.1 Å². The van der Waals surface area contributed by atoms with E-state index in [1.807, 2.05) is 25.4 Å². The summed E-state index contributed by atoms with van der Waals surface area (Å²) in [5, 5.41) is 27.7. The number of nitrogens with zero attached hydrogens (tertiary/aromatic N) is 5. The van der Waals surface area contributed by atoms with Gasteiger partial charge in [-0.2, -0.15) is 5.10 Å². The van der Waals surface area contributed by atoms with Gasteiger partial charge in [-0.25, -0.2) is 0 Å². The zero-order valence-electron chi connectivity index (χ0n) is 17.1. The summed E-state index contributed by atoms with van der Waals surface area (Å²) in [6, 6.07) is 9.70. The fourth-order valence-corrected chi connectivity index (χ4v) is 5.46. The highest BCUT2D eigenvalue weighted by Crippen LogP contribution is 2.38. The lowest BCUT2D eigenvalue weighted by molar-refractivity contribution is 0.349. The largest absolute Gasteiger partial charge is 0.507 e. The Bertz CT molecular complexity index is 1100. The Hall–Kier alpha value is -2.93. The molecule has 2 fully saturated rings. The molecular formula is C23H26N6O.